The summed E-state index contributed by atoms with van der Waals surface area (Å²) in [6, 6.07) is 3.33. The molecule has 0 radical (unpaired) electrons. The maximum atomic E-state index is 12.8. The first kappa shape index (κ1) is 15.8. The van der Waals surface area contributed by atoms with Crippen molar-refractivity contribution >= 4 is 33.4 Å². The number of thiophene rings is 1. The fraction of sp³-hybridized carbons (Fsp3) is 0.133. The van der Waals surface area contributed by atoms with E-state index < -0.39 is 24.0 Å². The van der Waals surface area contributed by atoms with E-state index in [2.05, 4.69) is 9.97 Å². The van der Waals surface area contributed by atoms with Crippen molar-refractivity contribution < 1.29 is 14.7 Å². The summed E-state index contributed by atoms with van der Waals surface area (Å²) >= 11 is 1.02. The number of carboxylic acid groups (broad SMARTS) is 1. The molecule has 8 nitrogen and oxygen atoms in total. The lowest BCUT2D eigenvalue weighted by Crippen LogP contribution is -2.27. The van der Waals surface area contributed by atoms with Crippen molar-refractivity contribution in [3.05, 3.63) is 45.3 Å². The minimum atomic E-state index is -1.17. The number of hydrogen-bond acceptors (Lipinski definition) is 6. The predicted molar refractivity (Wildman–Crippen MR) is 88.0 cm³/mol. The molecule has 3 heterocycles. The second-order valence-electron chi connectivity index (χ2n) is 5.06. The minimum Gasteiger partial charge on any atom is -0.480 e. The Morgan fingerprint density at radius 3 is 2.75 bits per heavy atom. The van der Waals surface area contributed by atoms with Crippen LogP contribution in [0, 0.1) is 6.92 Å². The van der Waals surface area contributed by atoms with Gasteiger partial charge in [-0.15, -0.1) is 11.3 Å². The summed E-state index contributed by atoms with van der Waals surface area (Å²) in [6.07, 6.45) is 3.05. The number of primary amides is 1. The fourth-order valence-electron chi connectivity index (χ4n) is 2.45. The van der Waals surface area contributed by atoms with Gasteiger partial charge < -0.3 is 10.8 Å². The van der Waals surface area contributed by atoms with E-state index >= 15 is 0 Å². The second kappa shape index (κ2) is 5.85. The van der Waals surface area contributed by atoms with Gasteiger partial charge in [0, 0.05) is 18.0 Å². The van der Waals surface area contributed by atoms with Crippen LogP contribution in [-0.2, 0) is 11.3 Å². The number of fused-ring (bicyclic) bond motifs is 1. The largest absolute Gasteiger partial charge is 0.480 e. The van der Waals surface area contributed by atoms with Gasteiger partial charge in [-0.1, -0.05) is 0 Å². The molecule has 122 valence electrons. The Bertz CT molecular complexity index is 1020. The molecule has 0 saturated heterocycles. The topological polar surface area (TPSA) is 128 Å². The van der Waals surface area contributed by atoms with Crippen molar-refractivity contribution in [2.75, 3.05) is 0 Å². The molecule has 1 amide bonds. The van der Waals surface area contributed by atoms with E-state index in [0.29, 0.717) is 16.0 Å². The standard InChI is InChI=1S/C15H12N4O4S/c1-7-10-14(24-11(7)12(16)22)18-13(8-3-2-4-17-5-8)19(15(10)23)6-9(20)21/h2-5H,6H2,1H3,(H2,16,22)(H,20,21). The molecule has 0 aliphatic carbocycles. The number of carbonyl (C=O) groups excluding carboxylic acids is 1. The number of aromatic nitrogens is 3. The van der Waals surface area contributed by atoms with Crippen molar-refractivity contribution in [3.63, 3.8) is 0 Å². The fourth-order valence-corrected chi connectivity index (χ4v) is 3.47. The van der Waals surface area contributed by atoms with E-state index in [4.69, 9.17) is 10.8 Å². The van der Waals surface area contributed by atoms with E-state index in [1.807, 2.05) is 0 Å². The molecule has 24 heavy (non-hydrogen) atoms. The van der Waals surface area contributed by atoms with Crippen molar-refractivity contribution in [1.29, 1.82) is 0 Å². The Balaban J connectivity index is 2.40. The van der Waals surface area contributed by atoms with Gasteiger partial charge in [-0.2, -0.15) is 0 Å². The zero-order valence-corrected chi connectivity index (χ0v) is 13.3. The molecule has 0 aromatic carbocycles. The monoisotopic (exact) mass is 344 g/mol. The Morgan fingerprint density at radius 2 is 2.17 bits per heavy atom. The smallest absolute Gasteiger partial charge is 0.323 e. The zero-order valence-electron chi connectivity index (χ0n) is 12.5. The van der Waals surface area contributed by atoms with E-state index in [9.17, 15) is 14.4 Å². The number of aryl methyl sites for hydroxylation is 1. The van der Waals surface area contributed by atoms with E-state index in [1.165, 1.54) is 6.20 Å². The number of amides is 1. The summed E-state index contributed by atoms with van der Waals surface area (Å²) in [5, 5.41) is 9.33. The van der Waals surface area contributed by atoms with Crippen LogP contribution in [0.25, 0.3) is 21.6 Å². The van der Waals surface area contributed by atoms with Gasteiger partial charge in [-0.3, -0.25) is 23.9 Å². The third kappa shape index (κ3) is 2.54. The molecule has 3 N–H and O–H groups in total. The molecule has 0 spiro atoms. The predicted octanol–water partition coefficient (Wildman–Crippen LogP) is 1.01. The van der Waals surface area contributed by atoms with Crippen LogP contribution >= 0.6 is 11.3 Å². The highest BCUT2D eigenvalue weighted by atomic mass is 32.1. The first-order valence-electron chi connectivity index (χ1n) is 6.86. The highest BCUT2D eigenvalue weighted by Gasteiger charge is 2.21. The number of aliphatic carboxylic acids is 1. The molecule has 0 saturated carbocycles. The minimum absolute atomic E-state index is 0.181. The molecule has 0 aliphatic heterocycles. The number of carboxylic acids is 1. The summed E-state index contributed by atoms with van der Waals surface area (Å²) in [5.41, 5.74) is 5.72. The lowest BCUT2D eigenvalue weighted by molar-refractivity contribution is -0.137. The molecule has 3 rings (SSSR count). The Morgan fingerprint density at radius 1 is 1.42 bits per heavy atom. The SMILES string of the molecule is Cc1c(C(N)=O)sc2nc(-c3cccnc3)n(CC(=O)O)c(=O)c12. The van der Waals surface area contributed by atoms with Gasteiger partial charge in [0.15, 0.2) is 0 Å². The van der Waals surface area contributed by atoms with Gasteiger partial charge >= 0.3 is 5.97 Å². The zero-order chi connectivity index (χ0) is 17.4. The Hall–Kier alpha value is -3.07. The summed E-state index contributed by atoms with van der Waals surface area (Å²) < 4.78 is 1.06. The number of carbonyl (C=O) groups is 2. The van der Waals surface area contributed by atoms with Crippen molar-refractivity contribution in [2.45, 2.75) is 13.5 Å². The summed E-state index contributed by atoms with van der Waals surface area (Å²) in [5.74, 6) is -1.64. The second-order valence-corrected chi connectivity index (χ2v) is 6.06. The number of rotatable bonds is 4. The van der Waals surface area contributed by atoms with Gasteiger partial charge in [0.2, 0.25) is 0 Å². The van der Waals surface area contributed by atoms with Crippen LogP contribution in [0.1, 0.15) is 15.2 Å². The average molecular weight is 344 g/mol. The Kier molecular flexibility index (Phi) is 3.86. The number of pyridine rings is 1. The molecule has 3 aromatic heterocycles. The van der Waals surface area contributed by atoms with Crippen LogP contribution in [0.15, 0.2) is 29.3 Å². The van der Waals surface area contributed by atoms with Crippen molar-refractivity contribution in [3.8, 4) is 11.4 Å². The molecule has 3 aromatic rings. The molecule has 0 atom stereocenters. The quantitative estimate of drug-likeness (QED) is 0.727. The molecule has 0 unspecified atom stereocenters. The van der Waals surface area contributed by atoms with Gasteiger partial charge in [-0.25, -0.2) is 4.98 Å². The van der Waals surface area contributed by atoms with Crippen molar-refractivity contribution in [1.82, 2.24) is 14.5 Å². The van der Waals surface area contributed by atoms with Gasteiger partial charge in [0.1, 0.15) is 17.2 Å². The highest BCUT2D eigenvalue weighted by molar-refractivity contribution is 7.20. The molecule has 9 heteroatoms. The van der Waals surface area contributed by atoms with Crippen LogP contribution in [0.3, 0.4) is 0 Å². The third-order valence-electron chi connectivity index (χ3n) is 3.49. The maximum Gasteiger partial charge on any atom is 0.323 e. The van der Waals surface area contributed by atoms with Gasteiger partial charge in [0.05, 0.1) is 10.3 Å². The lowest BCUT2D eigenvalue weighted by atomic mass is 10.2. The summed E-state index contributed by atoms with van der Waals surface area (Å²) in [7, 11) is 0. The first-order valence-corrected chi connectivity index (χ1v) is 7.67. The molecular formula is C15H12N4O4S. The van der Waals surface area contributed by atoms with E-state index in [-0.39, 0.29) is 16.1 Å². The summed E-state index contributed by atoms with van der Waals surface area (Å²) in [6.45, 7) is 1.05. The van der Waals surface area contributed by atoms with E-state index in [0.717, 1.165) is 15.9 Å². The molecular weight excluding hydrogens is 332 g/mol. The summed E-state index contributed by atoms with van der Waals surface area (Å²) in [4.78, 5) is 44.4. The maximum absolute atomic E-state index is 12.8. The Labute approximate surface area is 139 Å². The first-order chi connectivity index (χ1) is 11.4. The van der Waals surface area contributed by atoms with Gasteiger partial charge in [-0.05, 0) is 24.6 Å². The van der Waals surface area contributed by atoms with Crippen LogP contribution < -0.4 is 11.3 Å². The average Bonchev–Trinajstić information content (AvgIpc) is 2.87. The van der Waals surface area contributed by atoms with Crippen LogP contribution in [-0.4, -0.2) is 31.5 Å². The molecule has 0 fully saturated rings. The van der Waals surface area contributed by atoms with Crippen LogP contribution in [0.2, 0.25) is 0 Å². The van der Waals surface area contributed by atoms with Crippen LogP contribution in [0.4, 0.5) is 0 Å². The van der Waals surface area contributed by atoms with E-state index in [1.54, 1.807) is 25.3 Å². The van der Waals surface area contributed by atoms with Gasteiger partial charge in [0.25, 0.3) is 11.5 Å². The molecule has 0 bridgehead atoms. The number of nitrogens with zero attached hydrogens (tertiary/aromatic N) is 3. The third-order valence-corrected chi connectivity index (χ3v) is 4.69. The van der Waals surface area contributed by atoms with Crippen LogP contribution in [0.5, 0.6) is 0 Å². The lowest BCUT2D eigenvalue weighted by Gasteiger charge is -2.10. The number of nitrogens with two attached hydrogens (primary N) is 1. The van der Waals surface area contributed by atoms with Crippen molar-refractivity contribution in [2.24, 2.45) is 5.73 Å². The number of hydrogen-bond donors (Lipinski definition) is 2. The highest BCUT2D eigenvalue weighted by Crippen LogP contribution is 2.28. The molecule has 0 aliphatic rings. The normalized spacial score (nSPS) is 10.9.